The van der Waals surface area contributed by atoms with Crippen LogP contribution in [-0.2, 0) is 6.54 Å². The Labute approximate surface area is 126 Å². The van der Waals surface area contributed by atoms with Crippen LogP contribution in [0.1, 0.15) is 20.8 Å². The zero-order valence-corrected chi connectivity index (χ0v) is 12.3. The highest BCUT2D eigenvalue weighted by Crippen LogP contribution is 2.22. The van der Waals surface area contributed by atoms with Crippen LogP contribution in [0.3, 0.4) is 0 Å². The Hall–Kier alpha value is -2.20. The molecule has 1 aromatic heterocycles. The lowest BCUT2D eigenvalue weighted by molar-refractivity contribution is 0.0953. The molecule has 1 N–H and O–H groups in total. The van der Waals surface area contributed by atoms with E-state index in [1.807, 2.05) is 24.4 Å². The molecule has 0 aliphatic heterocycles. The third-order valence-electron chi connectivity index (χ3n) is 3.49. The van der Waals surface area contributed by atoms with Crippen LogP contribution < -0.4 is 5.32 Å². The average Bonchev–Trinajstić information content (AvgIpc) is 2.91. The Morgan fingerprint density at radius 3 is 2.62 bits per heavy atom. The number of hydrogen-bond donors (Lipinski definition) is 1. The van der Waals surface area contributed by atoms with Crippen LogP contribution in [0, 0.1) is 12.7 Å². The molecule has 1 amide bonds. The second-order valence-electron chi connectivity index (χ2n) is 4.85. The quantitative estimate of drug-likeness (QED) is 0.768. The summed E-state index contributed by atoms with van der Waals surface area (Å²) in [4.78, 5) is 13.5. The topological polar surface area (TPSA) is 29.1 Å². The van der Waals surface area contributed by atoms with Crippen LogP contribution >= 0.6 is 11.3 Å². The molecule has 2 nitrogen and oxygen atoms in total. The van der Waals surface area contributed by atoms with Crippen molar-refractivity contribution >= 4 is 28.0 Å². The number of amides is 1. The Kier molecular flexibility index (Phi) is 3.71. The lowest BCUT2D eigenvalue weighted by atomic mass is 10.0. The number of fused-ring (bicyclic) bond motifs is 1. The molecule has 0 unspecified atom stereocenters. The molecule has 0 radical (unpaired) electrons. The summed E-state index contributed by atoms with van der Waals surface area (Å²) < 4.78 is 13.8. The number of hydrogen-bond acceptors (Lipinski definition) is 2. The Balaban J connectivity index is 1.88. The summed E-state index contributed by atoms with van der Waals surface area (Å²) in [6, 6.07) is 11.9. The molecule has 1 heterocycles. The first-order valence-corrected chi connectivity index (χ1v) is 7.53. The van der Waals surface area contributed by atoms with Gasteiger partial charge in [-0.1, -0.05) is 24.3 Å². The van der Waals surface area contributed by atoms with E-state index >= 15 is 0 Å². The number of halogens is 1. The fourth-order valence-electron chi connectivity index (χ4n) is 2.30. The minimum Gasteiger partial charge on any atom is -0.347 e. The average molecular weight is 299 g/mol. The molecular formula is C17H14FNOS. The van der Waals surface area contributed by atoms with Crippen molar-refractivity contribution in [1.82, 2.24) is 5.32 Å². The van der Waals surface area contributed by atoms with Crippen molar-refractivity contribution in [2.24, 2.45) is 0 Å². The van der Waals surface area contributed by atoms with Gasteiger partial charge in [-0.25, -0.2) is 4.39 Å². The van der Waals surface area contributed by atoms with Crippen LogP contribution in [0.5, 0.6) is 0 Å². The number of aryl methyl sites for hydroxylation is 1. The van der Waals surface area contributed by atoms with Gasteiger partial charge in [0.1, 0.15) is 5.82 Å². The summed E-state index contributed by atoms with van der Waals surface area (Å²) in [6.07, 6.45) is 0. The highest BCUT2D eigenvalue weighted by Gasteiger charge is 2.12. The molecule has 2 aromatic carbocycles. The normalized spacial score (nSPS) is 10.8. The number of thiophene rings is 1. The first-order valence-electron chi connectivity index (χ1n) is 6.65. The summed E-state index contributed by atoms with van der Waals surface area (Å²) in [6.45, 7) is 2.51. The summed E-state index contributed by atoms with van der Waals surface area (Å²) in [5.74, 6) is -0.491. The highest BCUT2D eigenvalue weighted by molar-refractivity contribution is 7.10. The van der Waals surface area contributed by atoms with Crippen LogP contribution in [0.25, 0.3) is 10.8 Å². The van der Waals surface area contributed by atoms with Gasteiger partial charge in [0.2, 0.25) is 0 Å². The first kappa shape index (κ1) is 13.8. The maximum Gasteiger partial charge on any atom is 0.252 e. The van der Waals surface area contributed by atoms with E-state index in [0.29, 0.717) is 22.9 Å². The molecule has 21 heavy (non-hydrogen) atoms. The summed E-state index contributed by atoms with van der Waals surface area (Å²) in [5, 5.41) is 6.01. The van der Waals surface area contributed by atoms with Crippen molar-refractivity contribution in [3.63, 3.8) is 0 Å². The van der Waals surface area contributed by atoms with Crippen molar-refractivity contribution < 1.29 is 9.18 Å². The van der Waals surface area contributed by atoms with Crippen molar-refractivity contribution in [1.29, 1.82) is 0 Å². The molecule has 0 spiro atoms. The number of rotatable bonds is 3. The smallest absolute Gasteiger partial charge is 0.252 e. The van der Waals surface area contributed by atoms with E-state index < -0.39 is 0 Å². The SMILES string of the molecule is Cc1ccsc1CNC(=O)c1ccc(F)c2ccccc12. The van der Waals surface area contributed by atoms with Crippen LogP contribution in [0.4, 0.5) is 4.39 Å². The van der Waals surface area contributed by atoms with Gasteiger partial charge in [0.05, 0.1) is 6.54 Å². The maximum absolute atomic E-state index is 13.8. The third kappa shape index (κ3) is 2.67. The maximum atomic E-state index is 13.8. The van der Waals surface area contributed by atoms with Gasteiger partial charge in [-0.05, 0) is 41.5 Å². The molecule has 0 saturated carbocycles. The largest absolute Gasteiger partial charge is 0.347 e. The van der Waals surface area contributed by atoms with E-state index in [2.05, 4.69) is 5.32 Å². The zero-order chi connectivity index (χ0) is 14.8. The van der Waals surface area contributed by atoms with E-state index in [0.717, 1.165) is 4.88 Å². The fourth-order valence-corrected chi connectivity index (χ4v) is 3.15. The van der Waals surface area contributed by atoms with Gasteiger partial charge >= 0.3 is 0 Å². The molecule has 0 aliphatic carbocycles. The molecule has 0 atom stereocenters. The van der Waals surface area contributed by atoms with Gasteiger partial charge in [-0.2, -0.15) is 0 Å². The number of carbonyl (C=O) groups is 1. The van der Waals surface area contributed by atoms with Crippen molar-refractivity contribution in [2.45, 2.75) is 13.5 Å². The standard InChI is InChI=1S/C17H14FNOS/c1-11-8-9-21-16(11)10-19-17(20)14-6-7-15(18)13-5-3-2-4-12(13)14/h2-9H,10H2,1H3,(H,19,20). The Bertz CT molecular complexity index is 809. The van der Waals surface area contributed by atoms with Crippen molar-refractivity contribution in [3.05, 3.63) is 69.7 Å². The van der Waals surface area contributed by atoms with Crippen molar-refractivity contribution in [3.8, 4) is 0 Å². The van der Waals surface area contributed by atoms with Gasteiger partial charge in [0.25, 0.3) is 5.91 Å². The van der Waals surface area contributed by atoms with Gasteiger partial charge in [-0.3, -0.25) is 4.79 Å². The summed E-state index contributed by atoms with van der Waals surface area (Å²) in [5.41, 5.74) is 1.67. The van der Waals surface area contributed by atoms with Gasteiger partial charge in [0, 0.05) is 15.8 Å². The Morgan fingerprint density at radius 1 is 1.14 bits per heavy atom. The van der Waals surface area contributed by atoms with E-state index in [1.165, 1.54) is 17.7 Å². The van der Waals surface area contributed by atoms with E-state index in [1.54, 1.807) is 29.5 Å². The molecule has 3 rings (SSSR count). The molecule has 0 fully saturated rings. The molecule has 106 valence electrons. The molecular weight excluding hydrogens is 285 g/mol. The molecule has 3 aromatic rings. The Morgan fingerprint density at radius 2 is 1.90 bits per heavy atom. The lowest BCUT2D eigenvalue weighted by Crippen LogP contribution is -2.23. The lowest BCUT2D eigenvalue weighted by Gasteiger charge is -2.08. The molecule has 0 bridgehead atoms. The molecule has 0 saturated heterocycles. The van der Waals surface area contributed by atoms with Crippen LogP contribution in [-0.4, -0.2) is 5.91 Å². The van der Waals surface area contributed by atoms with Gasteiger partial charge in [-0.15, -0.1) is 11.3 Å². The van der Waals surface area contributed by atoms with Crippen molar-refractivity contribution in [2.75, 3.05) is 0 Å². The zero-order valence-electron chi connectivity index (χ0n) is 11.5. The monoisotopic (exact) mass is 299 g/mol. The first-order chi connectivity index (χ1) is 10.2. The van der Waals surface area contributed by atoms with E-state index in [4.69, 9.17) is 0 Å². The predicted octanol–water partition coefficient (Wildman–Crippen LogP) is 4.28. The second kappa shape index (κ2) is 5.66. The minimum atomic E-state index is -0.309. The van der Waals surface area contributed by atoms with E-state index in [9.17, 15) is 9.18 Å². The predicted molar refractivity (Wildman–Crippen MR) is 84.1 cm³/mol. The third-order valence-corrected chi connectivity index (χ3v) is 4.52. The van der Waals surface area contributed by atoms with Crippen LogP contribution in [0.15, 0.2) is 47.8 Å². The van der Waals surface area contributed by atoms with Gasteiger partial charge < -0.3 is 5.32 Å². The minimum absolute atomic E-state index is 0.181. The fraction of sp³-hybridized carbons (Fsp3) is 0.118. The van der Waals surface area contributed by atoms with E-state index in [-0.39, 0.29) is 11.7 Å². The summed E-state index contributed by atoms with van der Waals surface area (Å²) >= 11 is 1.62. The highest BCUT2D eigenvalue weighted by atomic mass is 32.1. The number of nitrogens with one attached hydrogen (secondary N) is 1. The second-order valence-corrected chi connectivity index (χ2v) is 5.85. The number of benzene rings is 2. The van der Waals surface area contributed by atoms with Gasteiger partial charge in [0.15, 0.2) is 0 Å². The summed E-state index contributed by atoms with van der Waals surface area (Å²) in [7, 11) is 0. The molecule has 4 heteroatoms. The van der Waals surface area contributed by atoms with Crippen LogP contribution in [0.2, 0.25) is 0 Å². The molecule has 0 aliphatic rings. The number of carbonyl (C=O) groups excluding carboxylic acids is 1.